The van der Waals surface area contributed by atoms with Gasteiger partial charge in [-0.3, -0.25) is 20.2 Å². The van der Waals surface area contributed by atoms with Gasteiger partial charge in [-0.25, -0.2) is 4.79 Å². The third-order valence-electron chi connectivity index (χ3n) is 4.02. The Morgan fingerprint density at radius 3 is 2.28 bits per heavy atom. The Morgan fingerprint density at radius 1 is 1.07 bits per heavy atom. The fourth-order valence-corrected chi connectivity index (χ4v) is 2.66. The van der Waals surface area contributed by atoms with Gasteiger partial charge in [0.05, 0.1) is 42.2 Å². The van der Waals surface area contributed by atoms with E-state index < -0.39 is 27.2 Å². The molecule has 11 heteroatoms. The molecule has 0 unspecified atom stereocenters. The Kier molecular flexibility index (Phi) is 6.90. The third-order valence-corrected chi connectivity index (χ3v) is 4.02. The molecule has 0 atom stereocenters. The summed E-state index contributed by atoms with van der Waals surface area (Å²) in [5, 5.41) is 22.6. The van der Waals surface area contributed by atoms with Gasteiger partial charge in [-0.15, -0.1) is 0 Å². The van der Waals surface area contributed by atoms with Crippen LogP contribution >= 0.6 is 0 Å². The monoisotopic (exact) mass is 405 g/mol. The molecule has 0 saturated carbocycles. The number of hydrogen-bond acceptors (Lipinski definition) is 9. The van der Waals surface area contributed by atoms with Gasteiger partial charge in [0.25, 0.3) is 11.4 Å². The van der Waals surface area contributed by atoms with Crippen molar-refractivity contribution in [2.75, 3.05) is 39.3 Å². The van der Waals surface area contributed by atoms with E-state index in [1.165, 1.54) is 19.1 Å². The molecule has 29 heavy (non-hydrogen) atoms. The number of nitrogens with zero attached hydrogens (tertiary/aromatic N) is 3. The third kappa shape index (κ3) is 4.89. The first-order valence-electron chi connectivity index (χ1n) is 8.32. The summed E-state index contributed by atoms with van der Waals surface area (Å²) in [5.41, 5.74) is -1.55. The van der Waals surface area contributed by atoms with Crippen LogP contribution in [0.25, 0.3) is 0 Å². The zero-order chi connectivity index (χ0) is 21.6. The number of esters is 1. The van der Waals surface area contributed by atoms with Gasteiger partial charge in [-0.05, 0) is 12.1 Å². The van der Waals surface area contributed by atoms with Gasteiger partial charge >= 0.3 is 5.97 Å². The van der Waals surface area contributed by atoms with Crippen LogP contribution in [0.15, 0.2) is 36.4 Å². The van der Waals surface area contributed by atoms with Crippen LogP contribution in [-0.4, -0.2) is 50.2 Å². The number of benzene rings is 2. The highest BCUT2D eigenvalue weighted by molar-refractivity contribution is 5.99. The topological polar surface area (TPSA) is 134 Å². The van der Waals surface area contributed by atoms with E-state index in [4.69, 9.17) is 9.47 Å². The number of non-ortho nitro benzene ring substituents is 1. The average Bonchev–Trinajstić information content (AvgIpc) is 2.72. The van der Waals surface area contributed by atoms with Gasteiger partial charge < -0.3 is 19.1 Å². The summed E-state index contributed by atoms with van der Waals surface area (Å²) >= 11 is 0. The molecular formula is C18H19N3O8. The first-order chi connectivity index (χ1) is 13.8. The molecule has 0 spiro atoms. The van der Waals surface area contributed by atoms with Crippen molar-refractivity contribution in [3.63, 3.8) is 0 Å². The molecule has 2 aromatic rings. The van der Waals surface area contributed by atoms with Gasteiger partial charge in [-0.2, -0.15) is 0 Å². The second kappa shape index (κ2) is 9.35. The first kappa shape index (κ1) is 21.4. The van der Waals surface area contributed by atoms with Crippen LogP contribution < -0.4 is 14.4 Å². The molecule has 0 bridgehead atoms. The lowest BCUT2D eigenvalue weighted by molar-refractivity contribution is -0.393. The number of carbonyl (C=O) groups excluding carboxylic acids is 1. The van der Waals surface area contributed by atoms with Crippen molar-refractivity contribution in [3.05, 3.63) is 62.2 Å². The molecule has 0 radical (unpaired) electrons. The van der Waals surface area contributed by atoms with Crippen molar-refractivity contribution >= 4 is 23.0 Å². The SMILES string of the molecule is COC(=O)c1cc([N+](=O)[O-])cc([N+](=O)[O-])c1N(C)CCOc1ccccc1OC. The maximum Gasteiger partial charge on any atom is 0.340 e. The smallest absolute Gasteiger partial charge is 0.340 e. The molecule has 0 aliphatic heterocycles. The predicted molar refractivity (Wildman–Crippen MR) is 103 cm³/mol. The van der Waals surface area contributed by atoms with Gasteiger partial charge in [0.1, 0.15) is 12.3 Å². The Balaban J connectivity index is 2.34. The summed E-state index contributed by atoms with van der Waals surface area (Å²) in [6.07, 6.45) is 0. The van der Waals surface area contributed by atoms with Gasteiger partial charge in [0.15, 0.2) is 11.5 Å². The number of para-hydroxylation sites is 2. The molecule has 0 aromatic heterocycles. The van der Waals surface area contributed by atoms with E-state index in [1.807, 2.05) is 0 Å². The lowest BCUT2D eigenvalue weighted by Gasteiger charge is -2.21. The number of likely N-dealkylation sites (N-methyl/N-ethyl adjacent to an activating group) is 1. The number of nitro benzene ring substituents is 2. The van der Waals surface area contributed by atoms with Crippen LogP contribution in [0.3, 0.4) is 0 Å². The van der Waals surface area contributed by atoms with Crippen LogP contribution in [0, 0.1) is 20.2 Å². The standard InChI is InChI=1S/C18H19N3O8/c1-19(8-9-29-16-7-5-4-6-15(16)27-2)17-13(18(22)28-3)10-12(20(23)24)11-14(17)21(25)26/h4-7,10-11H,8-9H2,1-3H3. The summed E-state index contributed by atoms with van der Waals surface area (Å²) in [4.78, 5) is 34.5. The number of ether oxygens (including phenoxy) is 3. The summed E-state index contributed by atoms with van der Waals surface area (Å²) < 4.78 is 15.5. The average molecular weight is 405 g/mol. The lowest BCUT2D eigenvalue weighted by Crippen LogP contribution is -2.27. The van der Waals surface area contributed by atoms with Crippen LogP contribution in [0.5, 0.6) is 11.5 Å². The molecule has 11 nitrogen and oxygen atoms in total. The van der Waals surface area contributed by atoms with Crippen LogP contribution in [0.4, 0.5) is 17.1 Å². The minimum atomic E-state index is -0.927. The van der Waals surface area contributed by atoms with E-state index in [2.05, 4.69) is 4.74 Å². The van der Waals surface area contributed by atoms with Crippen LogP contribution in [0.1, 0.15) is 10.4 Å². The number of carbonyl (C=O) groups is 1. The molecule has 2 rings (SSSR count). The molecule has 0 amide bonds. The predicted octanol–water partition coefficient (Wildman–Crippen LogP) is 2.81. The normalized spacial score (nSPS) is 10.2. The molecule has 0 N–H and O–H groups in total. The minimum absolute atomic E-state index is 0.101. The molecule has 2 aromatic carbocycles. The van der Waals surface area contributed by atoms with E-state index in [0.29, 0.717) is 11.5 Å². The van der Waals surface area contributed by atoms with E-state index in [9.17, 15) is 25.0 Å². The zero-order valence-corrected chi connectivity index (χ0v) is 16.0. The van der Waals surface area contributed by atoms with Crippen molar-refractivity contribution in [2.45, 2.75) is 0 Å². The number of anilines is 1. The largest absolute Gasteiger partial charge is 0.493 e. The second-order valence-corrected chi connectivity index (χ2v) is 5.79. The molecule has 0 saturated heterocycles. The van der Waals surface area contributed by atoms with Gasteiger partial charge in [0.2, 0.25) is 0 Å². The number of rotatable bonds is 9. The summed E-state index contributed by atoms with van der Waals surface area (Å²) in [6, 6.07) is 8.71. The van der Waals surface area contributed by atoms with Crippen molar-refractivity contribution in [2.24, 2.45) is 0 Å². The zero-order valence-electron chi connectivity index (χ0n) is 16.0. The van der Waals surface area contributed by atoms with Crippen molar-refractivity contribution in [1.29, 1.82) is 0 Å². The fraction of sp³-hybridized carbons (Fsp3) is 0.278. The Bertz CT molecular complexity index is 931. The van der Waals surface area contributed by atoms with Gasteiger partial charge in [0, 0.05) is 13.1 Å². The summed E-state index contributed by atoms with van der Waals surface area (Å²) in [5.74, 6) is 0.0748. The molecule has 0 aliphatic rings. The highest BCUT2D eigenvalue weighted by Crippen LogP contribution is 2.36. The Morgan fingerprint density at radius 2 is 1.72 bits per heavy atom. The fourth-order valence-electron chi connectivity index (χ4n) is 2.66. The second-order valence-electron chi connectivity index (χ2n) is 5.79. The van der Waals surface area contributed by atoms with Crippen molar-refractivity contribution in [1.82, 2.24) is 0 Å². The molecular weight excluding hydrogens is 386 g/mol. The minimum Gasteiger partial charge on any atom is -0.493 e. The van der Waals surface area contributed by atoms with Gasteiger partial charge in [-0.1, -0.05) is 12.1 Å². The number of nitro groups is 2. The molecule has 0 heterocycles. The Labute approximate surface area is 165 Å². The Hall–Kier alpha value is -3.89. The van der Waals surface area contributed by atoms with Crippen LogP contribution in [0.2, 0.25) is 0 Å². The maximum absolute atomic E-state index is 12.1. The van der Waals surface area contributed by atoms with E-state index in [1.54, 1.807) is 24.3 Å². The lowest BCUT2D eigenvalue weighted by atomic mass is 10.1. The van der Waals surface area contributed by atoms with E-state index in [-0.39, 0.29) is 24.4 Å². The number of methoxy groups -OCH3 is 2. The highest BCUT2D eigenvalue weighted by Gasteiger charge is 2.30. The quantitative estimate of drug-likeness (QED) is 0.350. The van der Waals surface area contributed by atoms with E-state index in [0.717, 1.165) is 19.2 Å². The van der Waals surface area contributed by atoms with E-state index >= 15 is 0 Å². The maximum atomic E-state index is 12.1. The summed E-state index contributed by atoms with van der Waals surface area (Å²) in [6.45, 7) is 0.242. The number of hydrogen-bond donors (Lipinski definition) is 0. The molecule has 154 valence electrons. The summed E-state index contributed by atoms with van der Waals surface area (Å²) in [7, 11) is 4.09. The first-order valence-corrected chi connectivity index (χ1v) is 8.32. The molecule has 0 fully saturated rings. The van der Waals surface area contributed by atoms with Crippen LogP contribution in [-0.2, 0) is 4.74 Å². The molecule has 0 aliphatic carbocycles. The highest BCUT2D eigenvalue weighted by atomic mass is 16.6. The van der Waals surface area contributed by atoms with Crippen molar-refractivity contribution < 1.29 is 28.9 Å². The van der Waals surface area contributed by atoms with Crippen molar-refractivity contribution in [3.8, 4) is 11.5 Å².